The molecule has 0 amide bonds. The van der Waals surface area contributed by atoms with Crippen molar-refractivity contribution in [2.24, 2.45) is 0 Å². The summed E-state index contributed by atoms with van der Waals surface area (Å²) in [6.07, 6.45) is 1.43. The van der Waals surface area contributed by atoms with E-state index >= 15 is 0 Å². The third-order valence-electron chi connectivity index (χ3n) is 1.88. The van der Waals surface area contributed by atoms with Crippen LogP contribution in [0.3, 0.4) is 0 Å². The molecule has 0 spiro atoms. The van der Waals surface area contributed by atoms with Gasteiger partial charge in [-0.3, -0.25) is 4.79 Å². The van der Waals surface area contributed by atoms with E-state index in [0.29, 0.717) is 23.3 Å². The van der Waals surface area contributed by atoms with E-state index in [4.69, 9.17) is 9.47 Å². The molecular weight excluding hydrogens is 207 g/mol. The van der Waals surface area contributed by atoms with Crippen LogP contribution in [0.2, 0.25) is 0 Å². The number of rotatable bonds is 2. The molecule has 0 saturated heterocycles. The van der Waals surface area contributed by atoms with Crippen LogP contribution < -0.4 is 44.1 Å². The van der Waals surface area contributed by atoms with Gasteiger partial charge in [0, 0.05) is 5.56 Å². The number of ether oxygens (including phenoxy) is 2. The number of fused-ring (bicyclic) bond motifs is 1. The molecule has 0 radical (unpaired) electrons. The fourth-order valence-electron chi connectivity index (χ4n) is 1.21. The van der Waals surface area contributed by atoms with Crippen LogP contribution >= 0.6 is 0 Å². The third-order valence-corrected chi connectivity index (χ3v) is 1.88. The van der Waals surface area contributed by atoms with Gasteiger partial charge in [-0.15, -0.1) is 6.26 Å². The molecule has 0 aliphatic carbocycles. The van der Waals surface area contributed by atoms with Gasteiger partial charge in [0.05, 0.1) is 0 Å². The summed E-state index contributed by atoms with van der Waals surface area (Å²) in [4.78, 5) is 11.3. The van der Waals surface area contributed by atoms with Crippen molar-refractivity contribution in [1.29, 1.82) is 0 Å². The van der Waals surface area contributed by atoms with Crippen LogP contribution in [0.25, 0.3) is 0 Å². The van der Waals surface area contributed by atoms with Gasteiger partial charge in [-0.25, -0.2) is 0 Å². The first-order chi connectivity index (χ1) is 6.81. The molecule has 0 atom stereocenters. The zero-order chi connectivity index (χ0) is 9.97. The Morgan fingerprint density at radius 1 is 1.33 bits per heavy atom. The second-order valence-electron chi connectivity index (χ2n) is 2.74. The van der Waals surface area contributed by atoms with Gasteiger partial charge < -0.3 is 14.6 Å². The quantitative estimate of drug-likeness (QED) is 0.236. The summed E-state index contributed by atoms with van der Waals surface area (Å²) in [6.45, 7) is 0.171. The molecule has 0 N–H and O–H groups in total. The van der Waals surface area contributed by atoms with Gasteiger partial charge in [-0.05, 0) is 24.3 Å². The van der Waals surface area contributed by atoms with Crippen molar-refractivity contribution in [2.75, 3.05) is 6.79 Å². The first kappa shape index (κ1) is 12.1. The van der Waals surface area contributed by atoms with Gasteiger partial charge >= 0.3 is 29.6 Å². The topological polar surface area (TPSA) is 58.6 Å². The van der Waals surface area contributed by atoms with Crippen LogP contribution in [0.4, 0.5) is 0 Å². The molecule has 1 heterocycles. The molecule has 15 heavy (non-hydrogen) atoms. The number of allylic oxidation sites excluding steroid dienone is 1. The summed E-state index contributed by atoms with van der Waals surface area (Å²) < 4.78 is 10.2. The van der Waals surface area contributed by atoms with Crippen LogP contribution in [0.1, 0.15) is 10.4 Å². The minimum Gasteiger partial charge on any atom is -0.878 e. The SMILES string of the molecule is O=C(/C=C/[O-])c1ccc2c(c1)OCO2.[Na+]. The van der Waals surface area contributed by atoms with E-state index in [1.165, 1.54) is 0 Å². The molecular formula is C10H7NaO4. The average Bonchev–Trinajstić information content (AvgIpc) is 2.64. The number of benzene rings is 1. The van der Waals surface area contributed by atoms with Crippen molar-refractivity contribution in [3.8, 4) is 11.5 Å². The summed E-state index contributed by atoms with van der Waals surface area (Å²) in [5, 5.41) is 10.1. The van der Waals surface area contributed by atoms with Crippen LogP contribution in [0.5, 0.6) is 11.5 Å². The number of carbonyl (C=O) groups excluding carboxylic acids is 1. The number of ketones is 1. The summed E-state index contributed by atoms with van der Waals surface area (Å²) in [6, 6.07) is 4.80. The third kappa shape index (κ3) is 2.53. The van der Waals surface area contributed by atoms with Gasteiger partial charge in [0.15, 0.2) is 17.3 Å². The maximum Gasteiger partial charge on any atom is 1.00 e. The Labute approximate surface area is 109 Å². The number of carbonyl (C=O) groups is 1. The molecule has 0 unspecified atom stereocenters. The number of hydrogen-bond donors (Lipinski definition) is 0. The Kier molecular flexibility index (Phi) is 4.20. The van der Waals surface area contributed by atoms with E-state index in [-0.39, 0.29) is 42.1 Å². The molecule has 4 nitrogen and oxygen atoms in total. The fraction of sp³-hybridized carbons (Fsp3) is 0.100. The Morgan fingerprint density at radius 3 is 2.80 bits per heavy atom. The monoisotopic (exact) mass is 214 g/mol. The van der Waals surface area contributed by atoms with E-state index < -0.39 is 0 Å². The minimum atomic E-state index is -0.335. The van der Waals surface area contributed by atoms with E-state index in [1.807, 2.05) is 0 Å². The molecule has 1 aromatic carbocycles. The summed E-state index contributed by atoms with van der Waals surface area (Å²) in [7, 11) is 0. The smallest absolute Gasteiger partial charge is 0.878 e. The molecule has 0 saturated carbocycles. The van der Waals surface area contributed by atoms with Gasteiger partial charge in [0.2, 0.25) is 6.79 Å². The number of hydrogen-bond acceptors (Lipinski definition) is 4. The maximum absolute atomic E-state index is 11.3. The molecule has 1 aliphatic heterocycles. The van der Waals surface area contributed by atoms with Gasteiger partial charge in [-0.1, -0.05) is 0 Å². The van der Waals surface area contributed by atoms with Crippen molar-refractivity contribution >= 4 is 5.78 Å². The first-order valence-electron chi connectivity index (χ1n) is 4.04. The molecule has 0 fully saturated rings. The van der Waals surface area contributed by atoms with E-state index in [2.05, 4.69) is 0 Å². The molecule has 1 aliphatic rings. The van der Waals surface area contributed by atoms with Crippen molar-refractivity contribution in [2.45, 2.75) is 0 Å². The van der Waals surface area contributed by atoms with E-state index in [1.54, 1.807) is 18.2 Å². The fourth-order valence-corrected chi connectivity index (χ4v) is 1.21. The second kappa shape index (κ2) is 5.21. The van der Waals surface area contributed by atoms with Crippen LogP contribution in [0, 0.1) is 0 Å². The molecule has 1 aromatic rings. The summed E-state index contributed by atoms with van der Waals surface area (Å²) >= 11 is 0. The standard InChI is InChI=1S/C10H8O4.Na/c11-4-3-8(12)7-1-2-9-10(5-7)14-6-13-9;/h1-5,11H,6H2;/q;+1/p-1/b4-3+;. The zero-order valence-corrected chi connectivity index (χ0v) is 10.2. The Morgan fingerprint density at radius 2 is 2.07 bits per heavy atom. The van der Waals surface area contributed by atoms with Crippen molar-refractivity contribution in [3.63, 3.8) is 0 Å². The van der Waals surface area contributed by atoms with Crippen LogP contribution in [-0.4, -0.2) is 12.6 Å². The minimum absolute atomic E-state index is 0. The molecule has 72 valence electrons. The second-order valence-corrected chi connectivity index (χ2v) is 2.74. The molecule has 5 heteroatoms. The van der Waals surface area contributed by atoms with Gasteiger partial charge in [0.25, 0.3) is 0 Å². The van der Waals surface area contributed by atoms with E-state index in [0.717, 1.165) is 6.08 Å². The average molecular weight is 214 g/mol. The van der Waals surface area contributed by atoms with Crippen LogP contribution in [-0.2, 0) is 0 Å². The summed E-state index contributed by atoms with van der Waals surface area (Å²) in [5.74, 6) is 0.820. The normalized spacial score (nSPS) is 12.5. The Bertz CT molecular complexity index is 400. The first-order valence-corrected chi connectivity index (χ1v) is 4.04. The van der Waals surface area contributed by atoms with Crippen molar-refractivity contribution in [3.05, 3.63) is 36.1 Å². The van der Waals surface area contributed by atoms with Crippen LogP contribution in [0.15, 0.2) is 30.5 Å². The predicted octanol–water partition coefficient (Wildman–Crippen LogP) is -2.52. The van der Waals surface area contributed by atoms with Gasteiger partial charge in [-0.2, -0.15) is 0 Å². The van der Waals surface area contributed by atoms with Crippen molar-refractivity contribution < 1.29 is 48.9 Å². The molecule has 0 aromatic heterocycles. The zero-order valence-electron chi connectivity index (χ0n) is 8.23. The Hall–Kier alpha value is -0.970. The largest absolute Gasteiger partial charge is 1.00 e. The summed E-state index contributed by atoms with van der Waals surface area (Å²) in [5.41, 5.74) is 0.418. The molecule has 2 rings (SSSR count). The Balaban J connectivity index is 0.00000112. The predicted molar refractivity (Wildman–Crippen MR) is 46.0 cm³/mol. The maximum atomic E-state index is 11.3. The molecule has 0 bridgehead atoms. The van der Waals surface area contributed by atoms with Crippen molar-refractivity contribution in [1.82, 2.24) is 0 Å². The van der Waals surface area contributed by atoms with Gasteiger partial charge in [0.1, 0.15) is 0 Å². The van der Waals surface area contributed by atoms with E-state index in [9.17, 15) is 9.90 Å².